The molecule has 0 radical (unpaired) electrons. The molecule has 16 aromatic carbocycles. The largest absolute Gasteiger partial charge is 0.0616 e. The first-order valence-electron chi connectivity index (χ1n) is 26.5. The molecule has 0 spiro atoms. The maximum Gasteiger partial charge on any atom is -0.00203 e. The number of rotatable bonds is 7. The molecule has 0 saturated heterocycles. The summed E-state index contributed by atoms with van der Waals surface area (Å²) in [5.74, 6) is 0. The van der Waals surface area contributed by atoms with Gasteiger partial charge in [-0.25, -0.2) is 0 Å². The summed E-state index contributed by atoms with van der Waals surface area (Å²) >= 11 is 0. The van der Waals surface area contributed by atoms with Crippen LogP contribution in [-0.4, -0.2) is 0 Å². The quantitative estimate of drug-likeness (QED) is 0.140. The predicted octanol–water partition coefficient (Wildman–Crippen LogP) is 21.5. The molecule has 0 aliphatic heterocycles. The molecule has 16 rings (SSSR count). The molecule has 0 unspecified atom stereocenters. The van der Waals surface area contributed by atoms with Gasteiger partial charge in [-0.2, -0.15) is 0 Å². The maximum atomic E-state index is 2.36. The van der Waals surface area contributed by atoms with Gasteiger partial charge in [0.2, 0.25) is 0 Å². The van der Waals surface area contributed by atoms with Crippen molar-refractivity contribution in [2.24, 2.45) is 0 Å². The fraction of sp³-hybridized carbons (Fsp3) is 0. The lowest BCUT2D eigenvalue weighted by atomic mass is 9.86. The van der Waals surface area contributed by atoms with Crippen LogP contribution in [0, 0.1) is 0 Å². The average molecular weight is 959 g/mol. The third-order valence-corrected chi connectivity index (χ3v) is 16.6. The van der Waals surface area contributed by atoms with Gasteiger partial charge < -0.3 is 0 Å². The van der Waals surface area contributed by atoms with Gasteiger partial charge in [0.15, 0.2) is 0 Å². The van der Waals surface area contributed by atoms with E-state index in [0.717, 1.165) is 0 Å². The van der Waals surface area contributed by atoms with Crippen LogP contribution in [0.3, 0.4) is 0 Å². The zero-order chi connectivity index (χ0) is 49.8. The van der Waals surface area contributed by atoms with E-state index in [9.17, 15) is 0 Å². The first-order valence-corrected chi connectivity index (χ1v) is 26.5. The lowest BCUT2D eigenvalue weighted by molar-refractivity contribution is 1.58. The van der Waals surface area contributed by atoms with Crippen LogP contribution in [-0.2, 0) is 0 Å². The minimum absolute atomic E-state index is 1.20. The van der Waals surface area contributed by atoms with E-state index in [4.69, 9.17) is 0 Å². The molecule has 0 heteroatoms. The van der Waals surface area contributed by atoms with Crippen LogP contribution in [0.4, 0.5) is 0 Å². The molecule has 0 atom stereocenters. The lowest BCUT2D eigenvalue weighted by Gasteiger charge is -2.17. The summed E-state index contributed by atoms with van der Waals surface area (Å²) in [5.41, 5.74) is 17.2. The summed E-state index contributed by atoms with van der Waals surface area (Å²) in [6, 6.07) is 104. The number of hydrogen-bond donors (Lipinski definition) is 0. The van der Waals surface area contributed by atoms with Crippen LogP contribution in [0.25, 0.3) is 164 Å². The van der Waals surface area contributed by atoms with Crippen molar-refractivity contribution in [3.05, 3.63) is 279 Å². The van der Waals surface area contributed by atoms with E-state index in [1.165, 1.54) is 164 Å². The van der Waals surface area contributed by atoms with E-state index in [2.05, 4.69) is 279 Å². The van der Waals surface area contributed by atoms with Gasteiger partial charge >= 0.3 is 0 Å². The first kappa shape index (κ1) is 42.6. The Morgan fingerprint density at radius 1 is 0.132 bits per heavy atom. The van der Waals surface area contributed by atoms with E-state index < -0.39 is 0 Å². The van der Waals surface area contributed by atoms with Crippen molar-refractivity contribution in [3.63, 3.8) is 0 Å². The second-order valence-electron chi connectivity index (χ2n) is 20.7. The van der Waals surface area contributed by atoms with Gasteiger partial charge in [-0.1, -0.05) is 255 Å². The molecule has 0 aliphatic carbocycles. The van der Waals surface area contributed by atoms with Crippen molar-refractivity contribution in [2.75, 3.05) is 0 Å². The topological polar surface area (TPSA) is 0 Å². The van der Waals surface area contributed by atoms with E-state index in [-0.39, 0.29) is 0 Å². The third kappa shape index (κ3) is 6.78. The Labute approximate surface area is 440 Å². The number of benzene rings is 16. The number of fused-ring (bicyclic) bond motifs is 2. The monoisotopic (exact) mass is 958 g/mol. The summed E-state index contributed by atoms with van der Waals surface area (Å²) in [4.78, 5) is 0. The van der Waals surface area contributed by atoms with Crippen molar-refractivity contribution in [2.45, 2.75) is 0 Å². The van der Waals surface area contributed by atoms with Crippen molar-refractivity contribution >= 4 is 86.2 Å². The molecular weight excluding hydrogens is 913 g/mol. The highest BCUT2D eigenvalue weighted by Gasteiger charge is 2.18. The van der Waals surface area contributed by atoms with Crippen molar-refractivity contribution in [1.29, 1.82) is 0 Å². The Balaban J connectivity index is 0.712. The second-order valence-corrected chi connectivity index (χ2v) is 20.7. The van der Waals surface area contributed by atoms with E-state index in [1.807, 2.05) is 0 Å². The van der Waals surface area contributed by atoms with Gasteiger partial charge in [-0.3, -0.25) is 0 Å². The SMILES string of the molecule is c1cc(-c2ccc(-c3cccc(-c4ccc5ccc6c(-c7ccc8ccccc8c7)ccc7ccc4c5c76)c3)cc2)cc(-c2ccc3ccc4c(-c5ccc(-c6ccc7ccccc7c6)cc5)ccc5ccc2c3c54)c1. The van der Waals surface area contributed by atoms with Gasteiger partial charge in [0.1, 0.15) is 0 Å². The summed E-state index contributed by atoms with van der Waals surface area (Å²) in [5, 5.41) is 20.6. The van der Waals surface area contributed by atoms with Crippen molar-refractivity contribution in [3.8, 4) is 77.9 Å². The van der Waals surface area contributed by atoms with Crippen LogP contribution in [0.1, 0.15) is 0 Å². The Morgan fingerprint density at radius 3 is 0.803 bits per heavy atom. The average Bonchev–Trinajstić information content (AvgIpc) is 3.57. The van der Waals surface area contributed by atoms with Gasteiger partial charge in [0.25, 0.3) is 0 Å². The fourth-order valence-electron chi connectivity index (χ4n) is 12.8. The Bertz CT molecular complexity index is 4960. The summed E-state index contributed by atoms with van der Waals surface area (Å²) in [6.07, 6.45) is 0. The molecule has 0 amide bonds. The molecule has 76 heavy (non-hydrogen) atoms. The van der Waals surface area contributed by atoms with Crippen LogP contribution >= 0.6 is 0 Å². The third-order valence-electron chi connectivity index (χ3n) is 16.6. The van der Waals surface area contributed by atoms with E-state index >= 15 is 0 Å². The molecule has 0 fully saturated rings. The Morgan fingerprint density at radius 2 is 0.395 bits per heavy atom. The van der Waals surface area contributed by atoms with Crippen LogP contribution in [0.15, 0.2) is 279 Å². The molecule has 0 saturated carbocycles. The smallest absolute Gasteiger partial charge is 0.00203 e. The van der Waals surface area contributed by atoms with Crippen LogP contribution < -0.4 is 0 Å². The molecule has 0 N–H and O–H groups in total. The Kier molecular flexibility index (Phi) is 9.44. The minimum Gasteiger partial charge on any atom is -0.0616 e. The molecular formula is C76H46. The van der Waals surface area contributed by atoms with Crippen LogP contribution in [0.2, 0.25) is 0 Å². The highest BCUT2D eigenvalue weighted by molar-refractivity contribution is 6.29. The van der Waals surface area contributed by atoms with Gasteiger partial charge in [-0.15, -0.1) is 0 Å². The molecule has 0 aliphatic rings. The highest BCUT2D eigenvalue weighted by atomic mass is 14.2. The minimum atomic E-state index is 1.20. The van der Waals surface area contributed by atoms with Crippen LogP contribution in [0.5, 0.6) is 0 Å². The molecule has 0 nitrogen and oxygen atoms in total. The summed E-state index contributed by atoms with van der Waals surface area (Å²) < 4.78 is 0. The first-order chi connectivity index (χ1) is 37.6. The van der Waals surface area contributed by atoms with Crippen molar-refractivity contribution < 1.29 is 0 Å². The van der Waals surface area contributed by atoms with Crippen molar-refractivity contribution in [1.82, 2.24) is 0 Å². The maximum absolute atomic E-state index is 2.36. The van der Waals surface area contributed by atoms with Gasteiger partial charge in [-0.05, 0) is 188 Å². The highest BCUT2D eigenvalue weighted by Crippen LogP contribution is 2.46. The molecule has 16 aromatic rings. The summed E-state index contributed by atoms with van der Waals surface area (Å²) in [7, 11) is 0. The zero-order valence-electron chi connectivity index (χ0n) is 41.6. The van der Waals surface area contributed by atoms with E-state index in [0.29, 0.717) is 0 Å². The van der Waals surface area contributed by atoms with Gasteiger partial charge in [0, 0.05) is 0 Å². The predicted molar refractivity (Wildman–Crippen MR) is 327 cm³/mol. The van der Waals surface area contributed by atoms with Gasteiger partial charge in [0.05, 0.1) is 0 Å². The standard InChI is InChI=1S/C76H46/c1-3-9-57-43-61(25-21-47(57)7-1)51-19-23-52(24-20-51)65-35-27-53-32-40-70-66(36-28-54-31-39-69(65)73(53)74(54)70)62-13-5-11-59(44-62)49-15-17-50(18-16-49)60-12-6-14-63(45-60)67-37-29-55-34-42-72-68(38-30-56-33-41-71(67)75(55)76(56)72)64-26-22-48-8-2-4-10-58(48)46-64/h1-46H. The number of hydrogen-bond acceptors (Lipinski definition) is 0. The fourth-order valence-corrected chi connectivity index (χ4v) is 12.8. The Hall–Kier alpha value is -9.88. The molecule has 0 heterocycles. The summed E-state index contributed by atoms with van der Waals surface area (Å²) in [6.45, 7) is 0. The molecule has 0 bridgehead atoms. The zero-order valence-corrected chi connectivity index (χ0v) is 41.6. The molecule has 0 aromatic heterocycles. The van der Waals surface area contributed by atoms with E-state index in [1.54, 1.807) is 0 Å². The normalized spacial score (nSPS) is 11.9. The molecule has 350 valence electrons. The lowest BCUT2D eigenvalue weighted by Crippen LogP contribution is -1.90. The second kappa shape index (κ2) is 16.8.